The largest absolute Gasteiger partial charge is 0.497 e. The molecule has 2 aliphatic rings. The van der Waals surface area contributed by atoms with E-state index in [2.05, 4.69) is 34.3 Å². The molecule has 1 aliphatic carbocycles. The summed E-state index contributed by atoms with van der Waals surface area (Å²) in [5.41, 5.74) is 5.46. The minimum atomic E-state index is -0.280. The zero-order chi connectivity index (χ0) is 23.9. The highest BCUT2D eigenvalue weighted by molar-refractivity contribution is 7.15. The van der Waals surface area contributed by atoms with Crippen molar-refractivity contribution in [3.63, 3.8) is 0 Å². The molecule has 1 atom stereocenters. The third-order valence-electron chi connectivity index (χ3n) is 6.93. The fourth-order valence-electron chi connectivity index (χ4n) is 5.31. The van der Waals surface area contributed by atoms with Gasteiger partial charge in [0.2, 0.25) is 0 Å². The molecule has 0 fully saturated rings. The molecule has 4 aromatic rings. The van der Waals surface area contributed by atoms with Crippen molar-refractivity contribution in [3.05, 3.63) is 99.1 Å². The summed E-state index contributed by atoms with van der Waals surface area (Å²) in [6, 6.07) is 19.1. The van der Waals surface area contributed by atoms with E-state index in [1.54, 1.807) is 19.2 Å². The maximum Gasteiger partial charge on any atom is 0.322 e. The summed E-state index contributed by atoms with van der Waals surface area (Å²) < 4.78 is 7.82. The highest BCUT2D eigenvalue weighted by Gasteiger charge is 2.36. The molecule has 35 heavy (non-hydrogen) atoms. The Bertz CT molecular complexity index is 1410. The van der Waals surface area contributed by atoms with Crippen molar-refractivity contribution >= 4 is 34.7 Å². The van der Waals surface area contributed by atoms with Gasteiger partial charge in [-0.15, -0.1) is 11.3 Å². The summed E-state index contributed by atoms with van der Waals surface area (Å²) in [4.78, 5) is 17.4. The number of anilines is 1. The number of carbonyl (C=O) groups is 1. The first-order chi connectivity index (χ1) is 17.1. The molecule has 3 heterocycles. The molecule has 0 bridgehead atoms. The molecule has 1 unspecified atom stereocenters. The Morgan fingerprint density at radius 1 is 1.06 bits per heavy atom. The van der Waals surface area contributed by atoms with Crippen LogP contribution in [-0.4, -0.2) is 22.6 Å². The van der Waals surface area contributed by atoms with Gasteiger partial charge in [0, 0.05) is 27.3 Å². The van der Waals surface area contributed by atoms with E-state index >= 15 is 0 Å². The number of fused-ring (bicyclic) bond motifs is 5. The second kappa shape index (κ2) is 9.10. The van der Waals surface area contributed by atoms with Gasteiger partial charge in [-0.2, -0.15) is 0 Å². The highest BCUT2D eigenvalue weighted by atomic mass is 35.5. The lowest BCUT2D eigenvalue weighted by Crippen LogP contribution is -2.38. The van der Waals surface area contributed by atoms with Gasteiger partial charge in [0.05, 0.1) is 25.4 Å². The van der Waals surface area contributed by atoms with Crippen LogP contribution in [0.1, 0.15) is 46.1 Å². The molecule has 0 spiro atoms. The number of nitrogens with zero attached hydrogens (tertiary/aromatic N) is 2. The average molecular weight is 504 g/mol. The molecule has 1 aliphatic heterocycles. The Balaban J connectivity index is 1.50. The van der Waals surface area contributed by atoms with E-state index in [1.807, 2.05) is 46.6 Å². The number of thiophene rings is 1. The van der Waals surface area contributed by atoms with Crippen molar-refractivity contribution in [1.82, 2.24) is 9.47 Å². The molecular formula is C28H26ClN3O2S. The van der Waals surface area contributed by atoms with Gasteiger partial charge >= 0.3 is 6.03 Å². The second-order valence-electron chi connectivity index (χ2n) is 9.05. The number of amides is 2. The number of benzene rings is 2. The van der Waals surface area contributed by atoms with Crippen LogP contribution in [0.25, 0.3) is 5.00 Å². The summed E-state index contributed by atoms with van der Waals surface area (Å²) >= 11 is 8.09. The van der Waals surface area contributed by atoms with Crippen LogP contribution < -0.4 is 10.1 Å². The number of urea groups is 1. The van der Waals surface area contributed by atoms with E-state index in [4.69, 9.17) is 16.3 Å². The van der Waals surface area contributed by atoms with Crippen molar-refractivity contribution < 1.29 is 9.53 Å². The Morgan fingerprint density at radius 3 is 2.77 bits per heavy atom. The number of methoxy groups -OCH3 is 1. The summed E-state index contributed by atoms with van der Waals surface area (Å²) in [5.74, 6) is 0.771. The molecule has 7 heteroatoms. The summed E-state index contributed by atoms with van der Waals surface area (Å²) in [5, 5.41) is 4.93. The number of hydrogen-bond donors (Lipinski definition) is 1. The molecule has 0 radical (unpaired) electrons. The molecule has 6 rings (SSSR count). The van der Waals surface area contributed by atoms with Gasteiger partial charge in [-0.25, -0.2) is 4.79 Å². The molecule has 2 aromatic carbocycles. The van der Waals surface area contributed by atoms with Crippen LogP contribution >= 0.6 is 22.9 Å². The van der Waals surface area contributed by atoms with Crippen molar-refractivity contribution in [2.45, 2.75) is 38.3 Å². The topological polar surface area (TPSA) is 46.5 Å². The Kier molecular flexibility index (Phi) is 5.78. The van der Waals surface area contributed by atoms with Crippen LogP contribution in [-0.2, 0) is 19.4 Å². The lowest BCUT2D eigenvalue weighted by Gasteiger charge is -2.31. The first-order valence-electron chi connectivity index (χ1n) is 11.9. The lowest BCUT2D eigenvalue weighted by atomic mass is 9.95. The minimum absolute atomic E-state index is 0.156. The first-order valence-corrected chi connectivity index (χ1v) is 13.1. The van der Waals surface area contributed by atoms with Crippen molar-refractivity contribution in [2.24, 2.45) is 0 Å². The molecule has 178 valence electrons. The maximum absolute atomic E-state index is 13.9. The molecule has 1 N–H and O–H groups in total. The smallest absolute Gasteiger partial charge is 0.322 e. The molecule has 5 nitrogen and oxygen atoms in total. The first kappa shape index (κ1) is 22.3. The number of hydrogen-bond acceptors (Lipinski definition) is 3. The Hall–Kier alpha value is -3.22. The molecular weight excluding hydrogens is 478 g/mol. The summed E-state index contributed by atoms with van der Waals surface area (Å²) in [6.45, 7) is 0.539. The fourth-order valence-corrected chi connectivity index (χ4v) is 6.90. The molecule has 0 saturated carbocycles. The van der Waals surface area contributed by atoms with Crippen molar-refractivity contribution in [3.8, 4) is 10.8 Å². The van der Waals surface area contributed by atoms with Crippen molar-refractivity contribution in [2.75, 3.05) is 12.4 Å². The Labute approximate surface area is 213 Å². The lowest BCUT2D eigenvalue weighted by molar-refractivity contribution is 0.194. The maximum atomic E-state index is 13.9. The van der Waals surface area contributed by atoms with Gasteiger partial charge in [0.25, 0.3) is 0 Å². The fraction of sp³-hybridized carbons (Fsp3) is 0.250. The summed E-state index contributed by atoms with van der Waals surface area (Å²) in [6.07, 6.45) is 6.75. The van der Waals surface area contributed by atoms with Gasteiger partial charge < -0.3 is 19.5 Å². The second-order valence-corrected chi connectivity index (χ2v) is 10.6. The van der Waals surface area contributed by atoms with E-state index in [9.17, 15) is 4.79 Å². The number of carbonyl (C=O) groups excluding carboxylic acids is 1. The minimum Gasteiger partial charge on any atom is -0.497 e. The third kappa shape index (κ3) is 4.01. The Morgan fingerprint density at radius 2 is 1.91 bits per heavy atom. The standard InChI is InChI=1S/C28H26ClN3O2S/c1-34-21-10-4-7-18(15-21)26-24-12-6-14-31(24)27-23(22-11-2-3-13-25(22)35-27)17-32(26)28(33)30-20-9-5-8-19(29)16-20/h4-10,12,14-16,26H,2-3,11,13,17H2,1H3,(H,30,33). The number of aryl methyl sites for hydroxylation is 1. The zero-order valence-electron chi connectivity index (χ0n) is 19.5. The van der Waals surface area contributed by atoms with Gasteiger partial charge in [0.1, 0.15) is 10.8 Å². The van der Waals surface area contributed by atoms with Crippen LogP contribution in [0.4, 0.5) is 10.5 Å². The van der Waals surface area contributed by atoms with Crippen LogP contribution in [0.15, 0.2) is 66.9 Å². The van der Waals surface area contributed by atoms with Crippen LogP contribution in [0, 0.1) is 0 Å². The monoisotopic (exact) mass is 503 g/mol. The van der Waals surface area contributed by atoms with Gasteiger partial charge in [-0.05, 0) is 79.3 Å². The number of aromatic nitrogens is 1. The van der Waals surface area contributed by atoms with Gasteiger partial charge in [-0.3, -0.25) is 0 Å². The van der Waals surface area contributed by atoms with E-state index in [0.717, 1.165) is 29.8 Å². The van der Waals surface area contributed by atoms with E-state index in [0.29, 0.717) is 17.3 Å². The van der Waals surface area contributed by atoms with Gasteiger partial charge in [0.15, 0.2) is 0 Å². The van der Waals surface area contributed by atoms with Crippen LogP contribution in [0.3, 0.4) is 0 Å². The SMILES string of the molecule is COc1cccc(C2c3cccn3-c3sc4c(c3CN2C(=O)Nc2cccc(Cl)c2)CCCC4)c1. The molecule has 2 aromatic heterocycles. The van der Waals surface area contributed by atoms with Crippen LogP contribution in [0.2, 0.25) is 5.02 Å². The normalized spacial score (nSPS) is 16.6. The van der Waals surface area contributed by atoms with E-state index < -0.39 is 0 Å². The van der Waals surface area contributed by atoms with Crippen LogP contribution in [0.5, 0.6) is 5.75 Å². The zero-order valence-corrected chi connectivity index (χ0v) is 21.0. The number of halogens is 1. The number of nitrogens with one attached hydrogen (secondary N) is 1. The highest BCUT2D eigenvalue weighted by Crippen LogP contribution is 2.44. The summed E-state index contributed by atoms with van der Waals surface area (Å²) in [7, 11) is 1.67. The predicted molar refractivity (Wildman–Crippen MR) is 141 cm³/mol. The quantitative estimate of drug-likeness (QED) is 0.321. The third-order valence-corrected chi connectivity index (χ3v) is 8.49. The number of rotatable bonds is 3. The van der Waals surface area contributed by atoms with E-state index in [1.165, 1.54) is 33.8 Å². The van der Waals surface area contributed by atoms with Gasteiger partial charge in [-0.1, -0.05) is 29.8 Å². The number of ether oxygens (including phenoxy) is 1. The molecule has 2 amide bonds. The average Bonchev–Trinajstić information content (AvgIpc) is 3.46. The molecule has 0 saturated heterocycles. The van der Waals surface area contributed by atoms with Crippen molar-refractivity contribution in [1.29, 1.82) is 0 Å². The van der Waals surface area contributed by atoms with E-state index in [-0.39, 0.29) is 12.1 Å². The predicted octanol–water partition coefficient (Wildman–Crippen LogP) is 7.22.